The third-order valence-electron chi connectivity index (χ3n) is 2.89. The van der Waals surface area contributed by atoms with E-state index in [0.717, 1.165) is 11.3 Å². The molecule has 0 radical (unpaired) electrons. The van der Waals surface area contributed by atoms with Gasteiger partial charge in [0.05, 0.1) is 7.11 Å². The van der Waals surface area contributed by atoms with E-state index < -0.39 is 0 Å². The zero-order valence-electron chi connectivity index (χ0n) is 11.3. The van der Waals surface area contributed by atoms with Crippen LogP contribution in [0.4, 0.5) is 5.69 Å². The number of nitrogen functional groups attached to an aromatic ring is 1. The normalized spacial score (nSPS) is 10.1. The summed E-state index contributed by atoms with van der Waals surface area (Å²) in [6.07, 6.45) is 2.21. The molecule has 1 aromatic heterocycles. The van der Waals surface area contributed by atoms with Gasteiger partial charge in [-0.15, -0.1) is 0 Å². The predicted octanol–water partition coefficient (Wildman–Crippen LogP) is 1.64. The number of carbonyl (C=O) groups excluding carboxylic acids is 1. The van der Waals surface area contributed by atoms with Gasteiger partial charge in [-0.2, -0.15) is 0 Å². The molecule has 1 aromatic carbocycles. The first-order chi connectivity index (χ1) is 9.70. The third kappa shape index (κ3) is 3.47. The summed E-state index contributed by atoms with van der Waals surface area (Å²) in [6, 6.07) is 10.9. The Labute approximate surface area is 117 Å². The molecule has 0 saturated carbocycles. The Morgan fingerprint density at radius 1 is 1.35 bits per heavy atom. The van der Waals surface area contributed by atoms with Gasteiger partial charge in [-0.05, 0) is 30.2 Å². The molecule has 0 bridgehead atoms. The zero-order chi connectivity index (χ0) is 14.4. The minimum Gasteiger partial charge on any atom is -0.496 e. The highest BCUT2D eigenvalue weighted by atomic mass is 16.5. The van der Waals surface area contributed by atoms with E-state index in [9.17, 15) is 4.79 Å². The van der Waals surface area contributed by atoms with Gasteiger partial charge in [0.15, 0.2) is 0 Å². The van der Waals surface area contributed by atoms with Gasteiger partial charge >= 0.3 is 0 Å². The number of rotatable bonds is 5. The Balaban J connectivity index is 1.91. The van der Waals surface area contributed by atoms with E-state index >= 15 is 0 Å². The summed E-state index contributed by atoms with van der Waals surface area (Å²) in [5.41, 5.74) is 7.52. The van der Waals surface area contributed by atoms with E-state index in [2.05, 4.69) is 10.3 Å². The van der Waals surface area contributed by atoms with Crippen molar-refractivity contribution in [2.45, 2.75) is 6.42 Å². The summed E-state index contributed by atoms with van der Waals surface area (Å²) >= 11 is 0. The monoisotopic (exact) mass is 271 g/mol. The van der Waals surface area contributed by atoms with E-state index in [1.807, 2.05) is 24.3 Å². The van der Waals surface area contributed by atoms with Crippen LogP contribution in [0.15, 0.2) is 42.6 Å². The number of carbonyl (C=O) groups is 1. The fourth-order valence-corrected chi connectivity index (χ4v) is 1.88. The summed E-state index contributed by atoms with van der Waals surface area (Å²) in [5.74, 6) is 0.594. The van der Waals surface area contributed by atoms with Crippen molar-refractivity contribution in [1.82, 2.24) is 10.3 Å². The standard InChI is InChI=1S/C15H17N3O2/c1-20-14-5-3-2-4-11(14)6-8-18-15(19)13-10-12(16)7-9-17-13/h2-5,7,9-10H,6,8H2,1H3,(H2,16,17)(H,18,19). The van der Waals surface area contributed by atoms with Gasteiger partial charge in [0.2, 0.25) is 0 Å². The predicted molar refractivity (Wildman–Crippen MR) is 77.7 cm³/mol. The number of benzene rings is 1. The molecule has 2 rings (SSSR count). The van der Waals surface area contributed by atoms with Crippen molar-refractivity contribution in [3.05, 3.63) is 53.9 Å². The molecule has 0 spiro atoms. The van der Waals surface area contributed by atoms with Gasteiger partial charge in [-0.3, -0.25) is 9.78 Å². The Morgan fingerprint density at radius 3 is 2.90 bits per heavy atom. The molecule has 2 aromatic rings. The van der Waals surface area contributed by atoms with Crippen LogP contribution in [0.2, 0.25) is 0 Å². The second kappa shape index (κ2) is 6.56. The smallest absolute Gasteiger partial charge is 0.269 e. The Morgan fingerprint density at radius 2 is 2.15 bits per heavy atom. The molecule has 20 heavy (non-hydrogen) atoms. The van der Waals surface area contributed by atoms with Crippen molar-refractivity contribution >= 4 is 11.6 Å². The number of amides is 1. The summed E-state index contributed by atoms with van der Waals surface area (Å²) in [4.78, 5) is 15.9. The lowest BCUT2D eigenvalue weighted by atomic mass is 10.1. The molecule has 0 aliphatic rings. The van der Waals surface area contributed by atoms with Crippen LogP contribution in [0, 0.1) is 0 Å². The van der Waals surface area contributed by atoms with Crippen LogP contribution in [-0.2, 0) is 6.42 Å². The molecule has 0 atom stereocenters. The largest absolute Gasteiger partial charge is 0.496 e. The molecule has 5 nitrogen and oxygen atoms in total. The number of hydrogen-bond donors (Lipinski definition) is 2. The minimum atomic E-state index is -0.229. The van der Waals surface area contributed by atoms with E-state index in [1.54, 1.807) is 19.2 Å². The van der Waals surface area contributed by atoms with Crippen molar-refractivity contribution in [2.24, 2.45) is 0 Å². The first-order valence-corrected chi connectivity index (χ1v) is 6.32. The summed E-state index contributed by atoms with van der Waals surface area (Å²) in [5, 5.41) is 2.81. The number of hydrogen-bond acceptors (Lipinski definition) is 4. The molecule has 0 unspecified atom stereocenters. The highest BCUT2D eigenvalue weighted by molar-refractivity contribution is 5.92. The van der Waals surface area contributed by atoms with Gasteiger partial charge in [-0.25, -0.2) is 0 Å². The molecule has 0 aliphatic heterocycles. The number of pyridine rings is 1. The number of aromatic nitrogens is 1. The van der Waals surface area contributed by atoms with Crippen molar-refractivity contribution in [1.29, 1.82) is 0 Å². The summed E-state index contributed by atoms with van der Waals surface area (Å²) in [7, 11) is 1.63. The summed E-state index contributed by atoms with van der Waals surface area (Å²) in [6.45, 7) is 0.510. The average molecular weight is 271 g/mol. The molecular weight excluding hydrogens is 254 g/mol. The number of nitrogens with one attached hydrogen (secondary N) is 1. The van der Waals surface area contributed by atoms with Crippen LogP contribution in [0.3, 0.4) is 0 Å². The van der Waals surface area contributed by atoms with E-state index in [4.69, 9.17) is 10.5 Å². The van der Waals surface area contributed by atoms with Gasteiger partial charge in [-0.1, -0.05) is 18.2 Å². The molecule has 1 heterocycles. The van der Waals surface area contributed by atoms with Crippen molar-refractivity contribution < 1.29 is 9.53 Å². The molecule has 104 valence electrons. The van der Waals surface area contributed by atoms with Gasteiger partial charge in [0, 0.05) is 18.4 Å². The lowest BCUT2D eigenvalue weighted by Gasteiger charge is -2.09. The molecule has 5 heteroatoms. The molecule has 1 amide bonds. The van der Waals surface area contributed by atoms with Gasteiger partial charge in [0.1, 0.15) is 11.4 Å². The van der Waals surface area contributed by atoms with E-state index in [0.29, 0.717) is 24.3 Å². The number of nitrogens with zero attached hydrogens (tertiary/aromatic N) is 1. The molecular formula is C15H17N3O2. The summed E-state index contributed by atoms with van der Waals surface area (Å²) < 4.78 is 5.26. The SMILES string of the molecule is COc1ccccc1CCNC(=O)c1cc(N)ccn1. The Bertz CT molecular complexity index is 599. The van der Waals surface area contributed by atoms with Crippen LogP contribution in [0.1, 0.15) is 16.1 Å². The van der Waals surface area contributed by atoms with E-state index in [1.165, 1.54) is 6.20 Å². The first-order valence-electron chi connectivity index (χ1n) is 6.32. The zero-order valence-corrected chi connectivity index (χ0v) is 11.3. The number of anilines is 1. The van der Waals surface area contributed by atoms with Crippen molar-refractivity contribution in [2.75, 3.05) is 19.4 Å². The quantitative estimate of drug-likeness (QED) is 0.866. The maximum Gasteiger partial charge on any atom is 0.269 e. The molecule has 0 fully saturated rings. The lowest BCUT2D eigenvalue weighted by Crippen LogP contribution is -2.26. The number of ether oxygens (including phenoxy) is 1. The molecule has 3 N–H and O–H groups in total. The van der Waals surface area contributed by atoms with Crippen LogP contribution < -0.4 is 15.8 Å². The van der Waals surface area contributed by atoms with Crippen LogP contribution in [0.25, 0.3) is 0 Å². The Kier molecular flexibility index (Phi) is 4.55. The van der Waals surface area contributed by atoms with Gasteiger partial charge in [0.25, 0.3) is 5.91 Å². The molecule has 0 aliphatic carbocycles. The minimum absolute atomic E-state index is 0.229. The van der Waals surface area contributed by atoms with Crippen LogP contribution in [-0.4, -0.2) is 24.5 Å². The number of para-hydroxylation sites is 1. The van der Waals surface area contributed by atoms with Crippen LogP contribution >= 0.6 is 0 Å². The second-order valence-electron chi connectivity index (χ2n) is 4.29. The van der Waals surface area contributed by atoms with Crippen LogP contribution in [0.5, 0.6) is 5.75 Å². The maximum absolute atomic E-state index is 11.9. The van der Waals surface area contributed by atoms with Crippen molar-refractivity contribution in [3.8, 4) is 5.75 Å². The highest BCUT2D eigenvalue weighted by Gasteiger charge is 2.07. The fraction of sp³-hybridized carbons (Fsp3) is 0.200. The topological polar surface area (TPSA) is 77.2 Å². The highest BCUT2D eigenvalue weighted by Crippen LogP contribution is 2.17. The maximum atomic E-state index is 11.9. The second-order valence-corrected chi connectivity index (χ2v) is 4.29. The fourth-order valence-electron chi connectivity index (χ4n) is 1.88. The molecule has 0 saturated heterocycles. The average Bonchev–Trinajstić information content (AvgIpc) is 2.47. The first kappa shape index (κ1) is 13.9. The Hall–Kier alpha value is -2.56. The number of methoxy groups -OCH3 is 1. The van der Waals surface area contributed by atoms with E-state index in [-0.39, 0.29) is 5.91 Å². The van der Waals surface area contributed by atoms with Crippen molar-refractivity contribution in [3.63, 3.8) is 0 Å². The number of nitrogens with two attached hydrogens (primary N) is 1. The third-order valence-corrected chi connectivity index (χ3v) is 2.89. The lowest BCUT2D eigenvalue weighted by molar-refractivity contribution is 0.0949. The van der Waals surface area contributed by atoms with Gasteiger partial charge < -0.3 is 15.8 Å².